The Morgan fingerprint density at radius 1 is 0.800 bits per heavy atom. The molecule has 0 spiro atoms. The Bertz CT molecular complexity index is 798. The van der Waals surface area contributed by atoms with Gasteiger partial charge < -0.3 is 4.74 Å². The largest absolute Gasteiger partial charge is 0.497 e. The third kappa shape index (κ3) is 3.69. The first-order chi connectivity index (χ1) is 12.2. The molecule has 25 heavy (non-hydrogen) atoms. The summed E-state index contributed by atoms with van der Waals surface area (Å²) in [5.74, 6) is 0.371. The molecular formula is C23H20O2. The van der Waals surface area contributed by atoms with Gasteiger partial charge in [-0.3, -0.25) is 4.79 Å². The van der Waals surface area contributed by atoms with E-state index in [9.17, 15) is 4.79 Å². The van der Waals surface area contributed by atoms with Crippen molar-refractivity contribution in [3.8, 4) is 5.75 Å². The van der Waals surface area contributed by atoms with Gasteiger partial charge in [-0.15, -0.1) is 0 Å². The van der Waals surface area contributed by atoms with Gasteiger partial charge in [0.15, 0.2) is 5.78 Å². The molecule has 0 bridgehead atoms. The Hall–Kier alpha value is -3.13. The van der Waals surface area contributed by atoms with Gasteiger partial charge in [-0.25, -0.2) is 0 Å². The van der Waals surface area contributed by atoms with Crippen LogP contribution in [-0.2, 0) is 0 Å². The van der Waals surface area contributed by atoms with E-state index in [1.807, 2.05) is 84.9 Å². The minimum atomic E-state index is -0.435. The highest BCUT2D eigenvalue weighted by molar-refractivity contribution is 6.08. The molecule has 3 aromatic rings. The second-order valence-electron chi connectivity index (χ2n) is 5.83. The molecule has 2 heteroatoms. The number of Topliss-reactive ketones (excluding diaryl/α,β-unsaturated/α-hetero) is 1. The van der Waals surface area contributed by atoms with E-state index in [1.165, 1.54) is 0 Å². The zero-order valence-electron chi connectivity index (χ0n) is 14.2. The van der Waals surface area contributed by atoms with Crippen molar-refractivity contribution in [3.05, 3.63) is 108 Å². The van der Waals surface area contributed by atoms with Crippen LogP contribution in [0.15, 0.2) is 91.5 Å². The Morgan fingerprint density at radius 3 is 1.84 bits per heavy atom. The minimum Gasteiger partial charge on any atom is -0.497 e. The molecule has 0 aromatic heterocycles. The van der Waals surface area contributed by atoms with Crippen LogP contribution >= 0.6 is 0 Å². The van der Waals surface area contributed by atoms with Crippen molar-refractivity contribution in [2.24, 2.45) is 0 Å². The Labute approximate surface area is 148 Å². The predicted octanol–water partition coefficient (Wildman–Crippen LogP) is 5.38. The molecule has 0 fully saturated rings. The zero-order chi connectivity index (χ0) is 17.6. The molecular weight excluding hydrogens is 308 g/mol. The molecule has 3 aromatic carbocycles. The average Bonchev–Trinajstić information content (AvgIpc) is 2.70. The monoisotopic (exact) mass is 328 g/mol. The number of allylic oxidation sites excluding steroid dienone is 1. The molecule has 0 aliphatic carbocycles. The lowest BCUT2D eigenvalue weighted by Gasteiger charge is -2.20. The van der Waals surface area contributed by atoms with Crippen molar-refractivity contribution in [2.45, 2.75) is 5.92 Å². The molecule has 1 atom stereocenters. The number of rotatable bonds is 6. The molecule has 0 N–H and O–H groups in total. The smallest absolute Gasteiger partial charge is 0.174 e. The Morgan fingerprint density at radius 2 is 1.32 bits per heavy atom. The number of ether oxygens (including phenoxy) is 1. The molecule has 0 amide bonds. The number of hydrogen-bond donors (Lipinski definition) is 0. The van der Waals surface area contributed by atoms with Crippen molar-refractivity contribution in [1.82, 2.24) is 0 Å². The molecule has 3 rings (SSSR count). The van der Waals surface area contributed by atoms with E-state index in [4.69, 9.17) is 4.74 Å². The normalized spacial score (nSPS) is 11.6. The molecule has 0 aliphatic heterocycles. The number of ketones is 1. The summed E-state index contributed by atoms with van der Waals surface area (Å²) in [5.41, 5.74) is 3.34. The summed E-state index contributed by atoms with van der Waals surface area (Å²) in [6.07, 6.45) is 0. The number of hydrogen-bond acceptors (Lipinski definition) is 2. The van der Waals surface area contributed by atoms with Gasteiger partial charge in [0.2, 0.25) is 0 Å². The van der Waals surface area contributed by atoms with Crippen molar-refractivity contribution in [3.63, 3.8) is 0 Å². The van der Waals surface area contributed by atoms with Crippen molar-refractivity contribution >= 4 is 11.4 Å². The molecule has 2 nitrogen and oxygen atoms in total. The summed E-state index contributed by atoms with van der Waals surface area (Å²) in [6.45, 7) is 4.24. The molecule has 1 unspecified atom stereocenters. The van der Waals surface area contributed by atoms with Gasteiger partial charge in [0.1, 0.15) is 5.75 Å². The minimum absolute atomic E-state index is 0.0413. The Kier molecular flexibility index (Phi) is 5.10. The molecule has 0 aliphatic rings. The van der Waals surface area contributed by atoms with Crippen molar-refractivity contribution in [1.29, 1.82) is 0 Å². The van der Waals surface area contributed by atoms with Gasteiger partial charge in [0.25, 0.3) is 0 Å². The first-order valence-electron chi connectivity index (χ1n) is 8.18. The van der Waals surface area contributed by atoms with Crippen LogP contribution in [0.4, 0.5) is 0 Å². The summed E-state index contributed by atoms with van der Waals surface area (Å²) >= 11 is 0. The van der Waals surface area contributed by atoms with E-state index in [2.05, 4.69) is 6.58 Å². The highest BCUT2D eigenvalue weighted by atomic mass is 16.5. The third-order valence-corrected chi connectivity index (χ3v) is 4.26. The fourth-order valence-corrected chi connectivity index (χ4v) is 2.90. The summed E-state index contributed by atoms with van der Waals surface area (Å²) < 4.78 is 5.23. The number of carbonyl (C=O) groups is 1. The maximum atomic E-state index is 13.2. The predicted molar refractivity (Wildman–Crippen MR) is 102 cm³/mol. The fourth-order valence-electron chi connectivity index (χ4n) is 2.90. The maximum absolute atomic E-state index is 13.2. The number of benzene rings is 3. The van der Waals surface area contributed by atoms with Crippen LogP contribution in [0, 0.1) is 0 Å². The van der Waals surface area contributed by atoms with E-state index < -0.39 is 5.92 Å². The topological polar surface area (TPSA) is 26.3 Å². The Balaban J connectivity index is 2.04. The van der Waals surface area contributed by atoms with Crippen molar-refractivity contribution in [2.75, 3.05) is 7.11 Å². The summed E-state index contributed by atoms with van der Waals surface area (Å²) in [4.78, 5) is 13.2. The summed E-state index contributed by atoms with van der Waals surface area (Å²) in [6, 6.07) is 26.8. The van der Waals surface area contributed by atoms with Gasteiger partial charge >= 0.3 is 0 Å². The molecule has 0 heterocycles. The van der Waals surface area contributed by atoms with Gasteiger partial charge in [-0.1, -0.05) is 79.4 Å². The van der Waals surface area contributed by atoms with Crippen LogP contribution < -0.4 is 4.74 Å². The molecule has 0 radical (unpaired) electrons. The van der Waals surface area contributed by atoms with Crippen LogP contribution in [0.25, 0.3) is 5.57 Å². The van der Waals surface area contributed by atoms with Gasteiger partial charge in [-0.05, 0) is 28.8 Å². The van der Waals surface area contributed by atoms with Crippen LogP contribution in [0.2, 0.25) is 0 Å². The van der Waals surface area contributed by atoms with E-state index in [1.54, 1.807) is 7.11 Å². The first-order valence-corrected chi connectivity index (χ1v) is 8.18. The van der Waals surface area contributed by atoms with Crippen LogP contribution in [0.3, 0.4) is 0 Å². The van der Waals surface area contributed by atoms with E-state index >= 15 is 0 Å². The lowest BCUT2D eigenvalue weighted by atomic mass is 9.82. The molecule has 124 valence electrons. The van der Waals surface area contributed by atoms with Gasteiger partial charge in [-0.2, -0.15) is 0 Å². The second kappa shape index (κ2) is 7.63. The average molecular weight is 328 g/mol. The second-order valence-corrected chi connectivity index (χ2v) is 5.83. The van der Waals surface area contributed by atoms with Crippen LogP contribution in [0.1, 0.15) is 27.4 Å². The fraction of sp³-hybridized carbons (Fsp3) is 0.0870. The third-order valence-electron chi connectivity index (χ3n) is 4.26. The van der Waals surface area contributed by atoms with E-state index in [0.29, 0.717) is 5.56 Å². The molecule has 0 saturated carbocycles. The van der Waals surface area contributed by atoms with Crippen LogP contribution in [0.5, 0.6) is 5.75 Å². The maximum Gasteiger partial charge on any atom is 0.174 e. The number of carbonyl (C=O) groups excluding carboxylic acids is 1. The lowest BCUT2D eigenvalue weighted by molar-refractivity contribution is 0.0979. The van der Waals surface area contributed by atoms with E-state index in [-0.39, 0.29) is 5.78 Å². The number of methoxy groups -OCH3 is 1. The van der Waals surface area contributed by atoms with Crippen LogP contribution in [-0.4, -0.2) is 12.9 Å². The van der Waals surface area contributed by atoms with Crippen molar-refractivity contribution < 1.29 is 9.53 Å². The standard InChI is InChI=1S/C23H20O2/c1-17(18-9-5-3-6-10-18)22(19-13-15-21(25-2)16-14-19)23(24)20-11-7-4-8-12-20/h3-16,22H,1H2,2H3. The van der Waals surface area contributed by atoms with E-state index in [0.717, 1.165) is 22.4 Å². The summed E-state index contributed by atoms with van der Waals surface area (Å²) in [7, 11) is 1.63. The molecule has 0 saturated heterocycles. The lowest BCUT2D eigenvalue weighted by Crippen LogP contribution is -2.14. The SMILES string of the molecule is C=C(c1ccccc1)C(C(=O)c1ccccc1)c1ccc(OC)cc1. The summed E-state index contributed by atoms with van der Waals surface area (Å²) in [5, 5.41) is 0. The first kappa shape index (κ1) is 16.7. The highest BCUT2D eigenvalue weighted by Crippen LogP contribution is 2.34. The highest BCUT2D eigenvalue weighted by Gasteiger charge is 2.25. The zero-order valence-corrected chi connectivity index (χ0v) is 14.2. The van der Waals surface area contributed by atoms with Gasteiger partial charge in [0.05, 0.1) is 13.0 Å². The quantitative estimate of drug-likeness (QED) is 0.568. The van der Waals surface area contributed by atoms with Gasteiger partial charge in [0, 0.05) is 5.56 Å².